The molecule has 14 aromatic rings. The van der Waals surface area contributed by atoms with Crippen molar-refractivity contribution in [3.05, 3.63) is 289 Å². The molecule has 74 heavy (non-hydrogen) atoms. The summed E-state index contributed by atoms with van der Waals surface area (Å²) in [6, 6.07) is 98.3. The summed E-state index contributed by atoms with van der Waals surface area (Å²) >= 11 is 0. The van der Waals surface area contributed by atoms with Gasteiger partial charge in [0.05, 0.1) is 16.4 Å². The van der Waals surface area contributed by atoms with Gasteiger partial charge < -0.3 is 13.9 Å². The van der Waals surface area contributed by atoms with Gasteiger partial charge in [0.15, 0.2) is 0 Å². The molecule has 0 saturated carbocycles. The Hall–Kier alpha value is -9.70. The van der Waals surface area contributed by atoms with Crippen molar-refractivity contribution in [3.63, 3.8) is 0 Å². The third-order valence-corrected chi connectivity index (χ3v) is 16.2. The van der Waals surface area contributed by atoms with E-state index in [1.165, 1.54) is 71.7 Å². The lowest BCUT2D eigenvalue weighted by molar-refractivity contribution is 0.673. The Morgan fingerprint density at radius 3 is 1.51 bits per heavy atom. The molecule has 0 amide bonds. The molecule has 3 heteroatoms. The second-order valence-corrected chi connectivity index (χ2v) is 19.9. The number of benzene rings is 12. The fourth-order valence-corrected chi connectivity index (χ4v) is 13.1. The first-order valence-corrected chi connectivity index (χ1v) is 25.6. The lowest BCUT2D eigenvalue weighted by Gasteiger charge is -2.32. The van der Waals surface area contributed by atoms with Crippen molar-refractivity contribution in [1.29, 1.82) is 0 Å². The largest absolute Gasteiger partial charge is 0.455 e. The fraction of sp³-hybridized carbons (Fsp3) is 0.0141. The number of para-hydroxylation sites is 2. The third-order valence-electron chi connectivity index (χ3n) is 16.2. The van der Waals surface area contributed by atoms with Gasteiger partial charge in [-0.05, 0) is 145 Å². The first-order chi connectivity index (χ1) is 36.7. The van der Waals surface area contributed by atoms with Crippen LogP contribution in [0.2, 0.25) is 0 Å². The summed E-state index contributed by atoms with van der Waals surface area (Å²) in [5.41, 5.74) is 23.2. The maximum Gasteiger partial charge on any atom is 0.143 e. The molecule has 0 aliphatic heterocycles. The van der Waals surface area contributed by atoms with Gasteiger partial charge >= 0.3 is 0 Å². The molecule has 0 bridgehead atoms. The molecule has 0 atom stereocenters. The van der Waals surface area contributed by atoms with Crippen LogP contribution in [-0.4, -0.2) is 4.57 Å². The highest BCUT2D eigenvalue weighted by atomic mass is 16.3. The number of anilines is 3. The van der Waals surface area contributed by atoms with Gasteiger partial charge in [-0.25, -0.2) is 0 Å². The topological polar surface area (TPSA) is 21.3 Å². The standard InChI is InChI=1S/C71H44N2O/c1-2-18-54-46(15-1)35-41-61-69-53(24-14-30-68(69)74-70(54)61)47-33-38-50(39-34-47)72(49-36-31-45(32-37-49)48-16-13-17-51(43-48)73-66-28-11-6-22-59(66)60-23-7-12-29-67(60)73)52-40-42-58-57-21-5-10-27-64(57)71(65(58)44-52)62-25-8-3-19-55(62)56-20-4-9-26-63(56)71/h1-44H. The van der Waals surface area contributed by atoms with E-state index in [0.717, 1.165) is 72.3 Å². The Balaban J connectivity index is 0.857. The highest BCUT2D eigenvalue weighted by molar-refractivity contribution is 6.19. The average Bonchev–Trinajstić information content (AvgIpc) is 4.22. The van der Waals surface area contributed by atoms with Gasteiger partial charge in [-0.2, -0.15) is 0 Å². The molecule has 2 aromatic heterocycles. The molecule has 2 aliphatic carbocycles. The van der Waals surface area contributed by atoms with Crippen LogP contribution < -0.4 is 4.90 Å². The van der Waals surface area contributed by atoms with Crippen molar-refractivity contribution in [1.82, 2.24) is 4.57 Å². The van der Waals surface area contributed by atoms with Crippen molar-refractivity contribution in [2.24, 2.45) is 0 Å². The second-order valence-electron chi connectivity index (χ2n) is 19.9. The van der Waals surface area contributed by atoms with E-state index in [4.69, 9.17) is 4.42 Å². The van der Waals surface area contributed by atoms with Crippen molar-refractivity contribution < 1.29 is 4.42 Å². The molecular weight excluding hydrogens is 897 g/mol. The molecule has 344 valence electrons. The SMILES string of the molecule is c1cc(-c2ccc(N(c3ccc(-c4cccc5oc6c7ccccc7ccc6c45)cc3)c3ccc4c(c3)C3(c5ccccc5-c5ccccc53)c3ccccc3-4)cc2)cc(-n2c3ccccc3c3ccccc32)c1. The van der Waals surface area contributed by atoms with E-state index >= 15 is 0 Å². The molecule has 0 N–H and O–H groups in total. The van der Waals surface area contributed by atoms with Crippen LogP contribution >= 0.6 is 0 Å². The Morgan fingerprint density at radius 2 is 0.851 bits per heavy atom. The molecule has 12 aromatic carbocycles. The maximum atomic E-state index is 6.64. The van der Waals surface area contributed by atoms with E-state index in [-0.39, 0.29) is 0 Å². The number of furan rings is 1. The lowest BCUT2D eigenvalue weighted by atomic mass is 9.70. The number of hydrogen-bond acceptors (Lipinski definition) is 2. The van der Waals surface area contributed by atoms with Crippen LogP contribution in [0, 0.1) is 0 Å². The zero-order chi connectivity index (χ0) is 48.5. The summed E-state index contributed by atoms with van der Waals surface area (Å²) in [5, 5.41) is 7.08. The van der Waals surface area contributed by atoms with Crippen LogP contribution in [0.3, 0.4) is 0 Å². The molecule has 0 saturated heterocycles. The fourth-order valence-electron chi connectivity index (χ4n) is 13.1. The summed E-state index contributed by atoms with van der Waals surface area (Å²) in [6.45, 7) is 0. The van der Waals surface area contributed by atoms with Crippen molar-refractivity contribution in [2.45, 2.75) is 5.41 Å². The highest BCUT2D eigenvalue weighted by Crippen LogP contribution is 2.63. The second kappa shape index (κ2) is 15.6. The van der Waals surface area contributed by atoms with Crippen LogP contribution in [0.4, 0.5) is 17.1 Å². The van der Waals surface area contributed by atoms with Crippen molar-refractivity contribution >= 4 is 71.6 Å². The Kier molecular flexibility index (Phi) is 8.66. The number of nitrogens with zero attached hydrogens (tertiary/aromatic N) is 2. The summed E-state index contributed by atoms with van der Waals surface area (Å²) < 4.78 is 9.03. The monoisotopic (exact) mass is 940 g/mol. The van der Waals surface area contributed by atoms with Gasteiger partial charge in [-0.15, -0.1) is 0 Å². The minimum atomic E-state index is -0.465. The van der Waals surface area contributed by atoms with Gasteiger partial charge in [-0.3, -0.25) is 0 Å². The van der Waals surface area contributed by atoms with Crippen LogP contribution in [0.25, 0.3) is 105 Å². The average molecular weight is 941 g/mol. The molecule has 2 heterocycles. The Morgan fingerprint density at radius 1 is 0.324 bits per heavy atom. The molecule has 1 spiro atoms. The molecule has 0 unspecified atom stereocenters. The zero-order valence-corrected chi connectivity index (χ0v) is 40.2. The van der Waals surface area contributed by atoms with Crippen LogP contribution in [0.1, 0.15) is 22.3 Å². The normalized spacial score (nSPS) is 13.0. The van der Waals surface area contributed by atoms with Crippen molar-refractivity contribution in [2.75, 3.05) is 4.90 Å². The van der Waals surface area contributed by atoms with Crippen molar-refractivity contribution in [3.8, 4) is 50.2 Å². The third kappa shape index (κ3) is 5.72. The number of fused-ring (bicyclic) bond motifs is 18. The molecular formula is C71H44N2O. The van der Waals surface area contributed by atoms with E-state index in [9.17, 15) is 0 Å². The molecule has 0 radical (unpaired) electrons. The summed E-state index contributed by atoms with van der Waals surface area (Å²) in [6.07, 6.45) is 0. The number of aromatic nitrogens is 1. The number of hydrogen-bond donors (Lipinski definition) is 0. The first-order valence-electron chi connectivity index (χ1n) is 25.6. The van der Waals surface area contributed by atoms with E-state index in [1.54, 1.807) is 0 Å². The molecule has 0 fully saturated rings. The lowest BCUT2D eigenvalue weighted by Crippen LogP contribution is -2.26. The zero-order valence-electron chi connectivity index (χ0n) is 40.2. The summed E-state index contributed by atoms with van der Waals surface area (Å²) in [5.74, 6) is 0. The van der Waals surface area contributed by atoms with E-state index in [2.05, 4.69) is 276 Å². The molecule has 16 rings (SSSR count). The minimum Gasteiger partial charge on any atom is -0.455 e. The predicted molar refractivity (Wildman–Crippen MR) is 307 cm³/mol. The van der Waals surface area contributed by atoms with E-state index in [1.807, 2.05) is 0 Å². The molecule has 2 aliphatic rings. The summed E-state index contributed by atoms with van der Waals surface area (Å²) in [4.78, 5) is 2.44. The van der Waals surface area contributed by atoms with Crippen LogP contribution in [0.5, 0.6) is 0 Å². The van der Waals surface area contributed by atoms with Gasteiger partial charge in [0.1, 0.15) is 11.2 Å². The Bertz CT molecular complexity index is 4490. The van der Waals surface area contributed by atoms with E-state index < -0.39 is 5.41 Å². The minimum absolute atomic E-state index is 0.465. The predicted octanol–water partition coefficient (Wildman–Crippen LogP) is 19.0. The highest BCUT2D eigenvalue weighted by Gasteiger charge is 2.51. The van der Waals surface area contributed by atoms with Crippen LogP contribution in [0.15, 0.2) is 271 Å². The number of rotatable bonds is 6. The smallest absolute Gasteiger partial charge is 0.143 e. The first kappa shape index (κ1) is 41.0. The van der Waals surface area contributed by atoms with Gasteiger partial charge in [-0.1, -0.05) is 194 Å². The Labute approximate surface area is 428 Å². The summed E-state index contributed by atoms with van der Waals surface area (Å²) in [7, 11) is 0. The maximum absolute atomic E-state index is 6.64. The van der Waals surface area contributed by atoms with Gasteiger partial charge in [0.25, 0.3) is 0 Å². The van der Waals surface area contributed by atoms with Crippen LogP contribution in [-0.2, 0) is 5.41 Å². The van der Waals surface area contributed by atoms with E-state index in [0.29, 0.717) is 0 Å². The quantitative estimate of drug-likeness (QED) is 0.166. The molecule has 3 nitrogen and oxygen atoms in total. The van der Waals surface area contributed by atoms with Gasteiger partial charge in [0, 0.05) is 49.7 Å². The van der Waals surface area contributed by atoms with Gasteiger partial charge in [0.2, 0.25) is 0 Å².